The van der Waals surface area contributed by atoms with Gasteiger partial charge in [0.1, 0.15) is 5.75 Å². The molecule has 6 heteroatoms. The average molecular weight is 277 g/mol. The lowest BCUT2D eigenvalue weighted by Gasteiger charge is -2.10. The van der Waals surface area contributed by atoms with Crippen molar-refractivity contribution in [3.05, 3.63) is 40.3 Å². The Morgan fingerprint density at radius 1 is 1.53 bits per heavy atom. The standard InChI is InChI=1S/C13H15N3O2S/c1-18-10-4-2-3-9(12(10)14)13(17)16-6-5-11-15-7-8-19-11/h2-4,7-8H,5-6,14H2,1H3,(H,16,17). The first-order valence-corrected chi connectivity index (χ1v) is 6.69. The molecule has 0 bridgehead atoms. The van der Waals surface area contributed by atoms with Crippen molar-refractivity contribution >= 4 is 22.9 Å². The normalized spacial score (nSPS) is 10.2. The van der Waals surface area contributed by atoms with Crippen LogP contribution in [0.3, 0.4) is 0 Å². The van der Waals surface area contributed by atoms with E-state index >= 15 is 0 Å². The lowest BCUT2D eigenvalue weighted by atomic mass is 10.1. The first-order valence-electron chi connectivity index (χ1n) is 5.81. The molecule has 0 radical (unpaired) electrons. The van der Waals surface area contributed by atoms with Gasteiger partial charge in [0.2, 0.25) is 0 Å². The molecule has 0 aliphatic carbocycles. The number of hydrogen-bond acceptors (Lipinski definition) is 5. The van der Waals surface area contributed by atoms with Gasteiger partial charge in [0.15, 0.2) is 0 Å². The molecular weight excluding hydrogens is 262 g/mol. The molecule has 100 valence electrons. The summed E-state index contributed by atoms with van der Waals surface area (Å²) < 4.78 is 5.09. The number of anilines is 1. The number of para-hydroxylation sites is 1. The Hall–Kier alpha value is -2.08. The van der Waals surface area contributed by atoms with Crippen LogP contribution in [0.2, 0.25) is 0 Å². The summed E-state index contributed by atoms with van der Waals surface area (Å²) in [6, 6.07) is 5.14. The number of nitrogen functional groups attached to an aromatic ring is 1. The van der Waals surface area contributed by atoms with E-state index in [2.05, 4.69) is 10.3 Å². The number of nitrogens with zero attached hydrogens (tertiary/aromatic N) is 1. The molecule has 0 aliphatic heterocycles. The van der Waals surface area contributed by atoms with Gasteiger partial charge in [0, 0.05) is 24.5 Å². The van der Waals surface area contributed by atoms with Crippen molar-refractivity contribution in [3.63, 3.8) is 0 Å². The van der Waals surface area contributed by atoms with Gasteiger partial charge in [-0.1, -0.05) is 6.07 Å². The molecule has 0 saturated heterocycles. The summed E-state index contributed by atoms with van der Waals surface area (Å²) in [5.41, 5.74) is 6.65. The van der Waals surface area contributed by atoms with Crippen molar-refractivity contribution < 1.29 is 9.53 Å². The maximum Gasteiger partial charge on any atom is 0.253 e. The predicted octanol–water partition coefficient (Wildman–Crippen LogP) is 1.71. The second-order valence-corrected chi connectivity index (χ2v) is 4.83. The number of benzene rings is 1. The van der Waals surface area contributed by atoms with Crippen molar-refractivity contribution in [3.8, 4) is 5.75 Å². The summed E-state index contributed by atoms with van der Waals surface area (Å²) in [5.74, 6) is 0.306. The van der Waals surface area contributed by atoms with Gasteiger partial charge in [-0.15, -0.1) is 11.3 Å². The minimum atomic E-state index is -0.201. The fourth-order valence-corrected chi connectivity index (χ4v) is 2.30. The van der Waals surface area contributed by atoms with E-state index in [0.29, 0.717) is 30.0 Å². The van der Waals surface area contributed by atoms with Crippen LogP contribution < -0.4 is 15.8 Å². The number of rotatable bonds is 5. The van der Waals surface area contributed by atoms with Crippen LogP contribution >= 0.6 is 11.3 Å². The van der Waals surface area contributed by atoms with Crippen molar-refractivity contribution in [1.29, 1.82) is 0 Å². The summed E-state index contributed by atoms with van der Waals surface area (Å²) in [6.45, 7) is 0.531. The zero-order chi connectivity index (χ0) is 13.7. The lowest BCUT2D eigenvalue weighted by molar-refractivity contribution is 0.0954. The van der Waals surface area contributed by atoms with Gasteiger partial charge in [-0.25, -0.2) is 4.98 Å². The SMILES string of the molecule is COc1cccc(C(=O)NCCc2nccs2)c1N. The molecule has 2 rings (SSSR count). The summed E-state index contributed by atoms with van der Waals surface area (Å²) in [5, 5.41) is 5.73. The van der Waals surface area contributed by atoms with Crippen LogP contribution in [0.4, 0.5) is 5.69 Å². The van der Waals surface area contributed by atoms with Gasteiger partial charge in [0.05, 0.1) is 23.4 Å². The highest BCUT2D eigenvalue weighted by atomic mass is 32.1. The van der Waals surface area contributed by atoms with E-state index in [0.717, 1.165) is 5.01 Å². The number of aromatic nitrogens is 1. The van der Waals surface area contributed by atoms with Crippen molar-refractivity contribution in [1.82, 2.24) is 10.3 Å². The minimum absolute atomic E-state index is 0.201. The van der Waals surface area contributed by atoms with E-state index in [9.17, 15) is 4.79 Å². The van der Waals surface area contributed by atoms with Gasteiger partial charge in [-0.3, -0.25) is 4.79 Å². The molecule has 2 aromatic rings. The number of thiazole rings is 1. The van der Waals surface area contributed by atoms with Crippen molar-refractivity contribution in [2.45, 2.75) is 6.42 Å². The van der Waals surface area contributed by atoms with Crippen LogP contribution in [-0.2, 0) is 6.42 Å². The summed E-state index contributed by atoms with van der Waals surface area (Å²) in [6.07, 6.45) is 2.47. The summed E-state index contributed by atoms with van der Waals surface area (Å²) in [4.78, 5) is 16.2. The van der Waals surface area contributed by atoms with Crippen LogP contribution in [0.25, 0.3) is 0 Å². The molecule has 3 N–H and O–H groups in total. The van der Waals surface area contributed by atoms with Gasteiger partial charge in [0.25, 0.3) is 5.91 Å². The molecule has 0 spiro atoms. The third-order valence-corrected chi connectivity index (χ3v) is 3.48. The van der Waals surface area contributed by atoms with Crippen molar-refractivity contribution in [2.24, 2.45) is 0 Å². The Morgan fingerprint density at radius 2 is 2.37 bits per heavy atom. The van der Waals surface area contributed by atoms with E-state index in [4.69, 9.17) is 10.5 Å². The van der Waals surface area contributed by atoms with E-state index in [-0.39, 0.29) is 5.91 Å². The number of methoxy groups -OCH3 is 1. The quantitative estimate of drug-likeness (QED) is 0.816. The zero-order valence-corrected chi connectivity index (χ0v) is 11.4. The lowest BCUT2D eigenvalue weighted by Crippen LogP contribution is -2.26. The highest BCUT2D eigenvalue weighted by molar-refractivity contribution is 7.09. The Labute approximate surface area is 115 Å². The first-order chi connectivity index (χ1) is 9.22. The number of carbonyl (C=O) groups is 1. The molecule has 0 unspecified atom stereocenters. The number of amides is 1. The maximum atomic E-state index is 12.0. The molecule has 0 saturated carbocycles. The second-order valence-electron chi connectivity index (χ2n) is 3.85. The van der Waals surface area contributed by atoms with E-state index in [1.54, 1.807) is 35.7 Å². The number of carbonyl (C=O) groups excluding carboxylic acids is 1. The zero-order valence-electron chi connectivity index (χ0n) is 10.6. The smallest absolute Gasteiger partial charge is 0.253 e. The fourth-order valence-electron chi connectivity index (χ4n) is 1.67. The molecule has 1 aromatic carbocycles. The Morgan fingerprint density at radius 3 is 3.05 bits per heavy atom. The fraction of sp³-hybridized carbons (Fsp3) is 0.231. The van der Waals surface area contributed by atoms with Gasteiger partial charge < -0.3 is 15.8 Å². The van der Waals surface area contributed by atoms with Crippen LogP contribution in [0.15, 0.2) is 29.8 Å². The first kappa shape index (κ1) is 13.4. The van der Waals surface area contributed by atoms with Crippen LogP contribution in [0.1, 0.15) is 15.4 Å². The molecule has 19 heavy (non-hydrogen) atoms. The van der Waals surface area contributed by atoms with Crippen molar-refractivity contribution in [2.75, 3.05) is 19.4 Å². The predicted molar refractivity (Wildman–Crippen MR) is 75.6 cm³/mol. The monoisotopic (exact) mass is 277 g/mol. The largest absolute Gasteiger partial charge is 0.495 e. The molecule has 1 amide bonds. The molecule has 0 aliphatic rings. The Balaban J connectivity index is 1.96. The highest BCUT2D eigenvalue weighted by Crippen LogP contribution is 2.24. The second kappa shape index (κ2) is 6.19. The molecule has 1 heterocycles. The summed E-state index contributed by atoms with van der Waals surface area (Å²) in [7, 11) is 1.52. The number of nitrogens with one attached hydrogen (secondary N) is 1. The topological polar surface area (TPSA) is 77.2 Å². The number of nitrogens with two attached hydrogens (primary N) is 1. The van der Waals surface area contributed by atoms with Crippen LogP contribution in [0.5, 0.6) is 5.75 Å². The molecule has 0 fully saturated rings. The average Bonchev–Trinajstić information content (AvgIpc) is 2.92. The van der Waals surface area contributed by atoms with Crippen LogP contribution in [0, 0.1) is 0 Å². The van der Waals surface area contributed by atoms with Gasteiger partial charge in [-0.05, 0) is 12.1 Å². The van der Waals surface area contributed by atoms with Gasteiger partial charge >= 0.3 is 0 Å². The third-order valence-electron chi connectivity index (χ3n) is 2.64. The molecule has 1 aromatic heterocycles. The summed E-state index contributed by atoms with van der Waals surface area (Å²) >= 11 is 1.57. The van der Waals surface area contributed by atoms with E-state index < -0.39 is 0 Å². The highest BCUT2D eigenvalue weighted by Gasteiger charge is 2.12. The number of hydrogen-bond donors (Lipinski definition) is 2. The van der Waals surface area contributed by atoms with Gasteiger partial charge in [-0.2, -0.15) is 0 Å². The number of ether oxygens (including phenoxy) is 1. The Kier molecular flexibility index (Phi) is 4.35. The van der Waals surface area contributed by atoms with E-state index in [1.807, 2.05) is 5.38 Å². The maximum absolute atomic E-state index is 12.0. The molecular formula is C13H15N3O2S. The Bertz CT molecular complexity index is 555. The molecule has 5 nitrogen and oxygen atoms in total. The van der Waals surface area contributed by atoms with E-state index in [1.165, 1.54) is 7.11 Å². The third kappa shape index (κ3) is 3.23. The molecule has 0 atom stereocenters. The minimum Gasteiger partial charge on any atom is -0.495 e. The van der Waals surface area contributed by atoms with Crippen LogP contribution in [-0.4, -0.2) is 24.5 Å².